The number of hydrogen-bond donors (Lipinski definition) is 0. The molecule has 0 radical (unpaired) electrons. The van der Waals surface area contributed by atoms with E-state index in [1.165, 1.54) is 0 Å². The number of benzene rings is 2. The summed E-state index contributed by atoms with van der Waals surface area (Å²) in [4.78, 5) is 17.2. The molecule has 0 bridgehead atoms. The van der Waals surface area contributed by atoms with Gasteiger partial charge in [0.05, 0.1) is 12.6 Å². The molecule has 2 heterocycles. The summed E-state index contributed by atoms with van der Waals surface area (Å²) in [6.45, 7) is 5.11. The first-order valence-electron chi connectivity index (χ1n) is 9.20. The average Bonchev–Trinajstić information content (AvgIpc) is 3.22. The van der Waals surface area contributed by atoms with Crippen molar-refractivity contribution in [3.8, 4) is 0 Å². The lowest BCUT2D eigenvalue weighted by Crippen LogP contribution is -2.45. The monoisotopic (exact) mass is 348 g/mol. The van der Waals surface area contributed by atoms with Crippen LogP contribution in [0.2, 0.25) is 0 Å². The van der Waals surface area contributed by atoms with Gasteiger partial charge >= 0.3 is 0 Å². The zero-order valence-corrected chi connectivity index (χ0v) is 15.0. The van der Waals surface area contributed by atoms with E-state index in [0.717, 1.165) is 29.9 Å². The average molecular weight is 348 g/mol. The lowest BCUT2D eigenvalue weighted by molar-refractivity contribution is -0.0691. The number of amides is 1. The predicted octanol–water partition coefficient (Wildman–Crippen LogP) is 3.67. The van der Waals surface area contributed by atoms with Gasteiger partial charge in [0.2, 0.25) is 0 Å². The highest BCUT2D eigenvalue weighted by molar-refractivity contribution is 5.94. The highest BCUT2D eigenvalue weighted by Crippen LogP contribution is 2.26. The number of morpholine rings is 1. The fourth-order valence-electron chi connectivity index (χ4n) is 3.66. The summed E-state index contributed by atoms with van der Waals surface area (Å²) in [6, 6.07) is 18.1. The maximum absolute atomic E-state index is 13.0. The van der Waals surface area contributed by atoms with Gasteiger partial charge in [-0.05, 0) is 36.8 Å². The molecule has 2 atom stereocenters. The van der Waals surface area contributed by atoms with Crippen LogP contribution in [0.25, 0.3) is 0 Å². The summed E-state index contributed by atoms with van der Waals surface area (Å²) in [7, 11) is 0. The summed E-state index contributed by atoms with van der Waals surface area (Å²) < 4.78 is 6.07. The second-order valence-corrected chi connectivity index (χ2v) is 6.98. The maximum atomic E-state index is 13.0. The first kappa shape index (κ1) is 16.9. The van der Waals surface area contributed by atoms with Crippen molar-refractivity contribution in [2.45, 2.75) is 19.1 Å². The van der Waals surface area contributed by atoms with Crippen molar-refractivity contribution in [1.82, 2.24) is 4.90 Å². The van der Waals surface area contributed by atoms with E-state index in [2.05, 4.69) is 29.2 Å². The number of carbonyl (C=O) groups is 1. The molecular formula is C22H24N2O2. The first-order chi connectivity index (χ1) is 12.7. The Labute approximate surface area is 154 Å². The molecule has 0 N–H and O–H groups in total. The van der Waals surface area contributed by atoms with Gasteiger partial charge < -0.3 is 14.5 Å². The quantitative estimate of drug-likeness (QED) is 0.794. The number of hydrogen-bond acceptors (Lipinski definition) is 3. The van der Waals surface area contributed by atoms with Gasteiger partial charge in [-0.3, -0.25) is 4.79 Å². The van der Waals surface area contributed by atoms with Crippen LogP contribution in [0.3, 0.4) is 0 Å². The normalized spacial score (nSPS) is 22.7. The van der Waals surface area contributed by atoms with Gasteiger partial charge in [-0.2, -0.15) is 0 Å². The smallest absolute Gasteiger partial charge is 0.254 e. The molecule has 0 aliphatic carbocycles. The Morgan fingerprint density at radius 3 is 2.35 bits per heavy atom. The molecule has 0 unspecified atom stereocenters. The molecule has 26 heavy (non-hydrogen) atoms. The molecular weight excluding hydrogens is 324 g/mol. The van der Waals surface area contributed by atoms with Crippen molar-refractivity contribution >= 4 is 11.6 Å². The van der Waals surface area contributed by atoms with Gasteiger partial charge in [0, 0.05) is 30.9 Å². The van der Waals surface area contributed by atoms with E-state index >= 15 is 0 Å². The SMILES string of the molecule is C[C@H]1CN(C(=O)c2ccc(N3CC=CC3)cc2)C[C@@H](c2ccccc2)O1. The predicted molar refractivity (Wildman–Crippen MR) is 103 cm³/mol. The Bertz CT molecular complexity index is 778. The summed E-state index contributed by atoms with van der Waals surface area (Å²) in [6.07, 6.45) is 4.28. The van der Waals surface area contributed by atoms with E-state index < -0.39 is 0 Å². The van der Waals surface area contributed by atoms with Crippen LogP contribution in [0.5, 0.6) is 0 Å². The number of ether oxygens (including phenoxy) is 1. The summed E-state index contributed by atoms with van der Waals surface area (Å²) in [5, 5.41) is 0. The van der Waals surface area contributed by atoms with Gasteiger partial charge in [-0.15, -0.1) is 0 Å². The number of anilines is 1. The van der Waals surface area contributed by atoms with E-state index in [1.807, 2.05) is 54.3 Å². The maximum Gasteiger partial charge on any atom is 0.254 e. The molecule has 4 heteroatoms. The zero-order chi connectivity index (χ0) is 17.9. The van der Waals surface area contributed by atoms with E-state index in [9.17, 15) is 4.79 Å². The molecule has 2 aliphatic heterocycles. The highest BCUT2D eigenvalue weighted by Gasteiger charge is 2.29. The van der Waals surface area contributed by atoms with Gasteiger partial charge in [-0.1, -0.05) is 42.5 Å². The Morgan fingerprint density at radius 2 is 1.65 bits per heavy atom. The minimum Gasteiger partial charge on any atom is -0.367 e. The van der Waals surface area contributed by atoms with Crippen LogP contribution < -0.4 is 4.90 Å². The van der Waals surface area contributed by atoms with Crippen molar-refractivity contribution in [3.05, 3.63) is 77.9 Å². The Hall–Kier alpha value is -2.59. The topological polar surface area (TPSA) is 32.8 Å². The molecule has 2 aliphatic rings. The molecule has 1 amide bonds. The lowest BCUT2D eigenvalue weighted by atomic mass is 10.1. The van der Waals surface area contributed by atoms with Gasteiger partial charge in [0.15, 0.2) is 0 Å². The summed E-state index contributed by atoms with van der Waals surface area (Å²) in [5.74, 6) is 0.0761. The first-order valence-corrected chi connectivity index (χ1v) is 9.20. The van der Waals surface area contributed by atoms with Crippen molar-refractivity contribution in [3.63, 3.8) is 0 Å². The second kappa shape index (κ2) is 7.34. The van der Waals surface area contributed by atoms with Crippen LogP contribution in [-0.4, -0.2) is 43.1 Å². The van der Waals surface area contributed by atoms with Crippen LogP contribution in [0.15, 0.2) is 66.7 Å². The van der Waals surface area contributed by atoms with Gasteiger partial charge in [0.1, 0.15) is 6.10 Å². The molecule has 0 aromatic heterocycles. The van der Waals surface area contributed by atoms with Crippen LogP contribution in [0.1, 0.15) is 28.9 Å². The van der Waals surface area contributed by atoms with E-state index in [-0.39, 0.29) is 18.1 Å². The van der Waals surface area contributed by atoms with E-state index in [1.54, 1.807) is 0 Å². The standard InChI is InChI=1S/C22H24N2O2/c1-17-15-24(16-21(26-17)18-7-3-2-4-8-18)22(25)19-9-11-20(12-10-19)23-13-5-6-14-23/h2-12,17,21H,13-16H2,1H3/t17-,21-/m0/s1. The van der Waals surface area contributed by atoms with Crippen LogP contribution in [0.4, 0.5) is 5.69 Å². The van der Waals surface area contributed by atoms with Crippen LogP contribution in [0, 0.1) is 0 Å². The Kier molecular flexibility index (Phi) is 4.76. The van der Waals surface area contributed by atoms with Gasteiger partial charge in [0.25, 0.3) is 5.91 Å². The molecule has 2 aromatic carbocycles. The molecule has 1 saturated heterocycles. The van der Waals surface area contributed by atoms with Crippen molar-refractivity contribution in [2.75, 3.05) is 31.1 Å². The molecule has 0 saturated carbocycles. The summed E-state index contributed by atoms with van der Waals surface area (Å²) in [5.41, 5.74) is 3.01. The third-order valence-corrected chi connectivity index (χ3v) is 5.02. The van der Waals surface area contributed by atoms with Crippen molar-refractivity contribution in [1.29, 1.82) is 0 Å². The fraction of sp³-hybridized carbons (Fsp3) is 0.318. The number of carbonyl (C=O) groups excluding carboxylic acids is 1. The van der Waals surface area contributed by atoms with Crippen LogP contribution in [-0.2, 0) is 4.74 Å². The fourth-order valence-corrected chi connectivity index (χ4v) is 3.66. The van der Waals surface area contributed by atoms with Gasteiger partial charge in [-0.25, -0.2) is 0 Å². The van der Waals surface area contributed by atoms with Crippen molar-refractivity contribution < 1.29 is 9.53 Å². The largest absolute Gasteiger partial charge is 0.367 e. The minimum absolute atomic E-state index is 0.0212. The van der Waals surface area contributed by atoms with Crippen molar-refractivity contribution in [2.24, 2.45) is 0 Å². The zero-order valence-electron chi connectivity index (χ0n) is 15.0. The number of rotatable bonds is 3. The lowest BCUT2D eigenvalue weighted by Gasteiger charge is -2.37. The number of nitrogens with zero attached hydrogens (tertiary/aromatic N) is 2. The summed E-state index contributed by atoms with van der Waals surface area (Å²) >= 11 is 0. The third-order valence-electron chi connectivity index (χ3n) is 5.02. The Balaban J connectivity index is 1.48. The molecule has 1 fully saturated rings. The highest BCUT2D eigenvalue weighted by atomic mass is 16.5. The Morgan fingerprint density at radius 1 is 0.962 bits per heavy atom. The molecule has 4 nitrogen and oxygen atoms in total. The second-order valence-electron chi connectivity index (χ2n) is 6.98. The van der Waals surface area contributed by atoms with E-state index in [4.69, 9.17) is 4.74 Å². The molecule has 0 spiro atoms. The van der Waals surface area contributed by atoms with E-state index in [0.29, 0.717) is 13.1 Å². The molecule has 2 aromatic rings. The molecule has 134 valence electrons. The third kappa shape index (κ3) is 3.51. The molecule has 4 rings (SSSR count). The minimum atomic E-state index is -0.0705. The van der Waals surface area contributed by atoms with Crippen LogP contribution >= 0.6 is 0 Å².